The van der Waals surface area contributed by atoms with Crippen LogP contribution in [0.3, 0.4) is 0 Å². The second kappa shape index (κ2) is 25.0. The number of carbonyl (C=O) groups excluding carboxylic acids is 2. The van der Waals surface area contributed by atoms with Gasteiger partial charge in [-0.25, -0.2) is 0 Å². The van der Waals surface area contributed by atoms with Gasteiger partial charge < -0.3 is 39.6 Å². The van der Waals surface area contributed by atoms with Gasteiger partial charge >= 0.3 is 0 Å². The summed E-state index contributed by atoms with van der Waals surface area (Å²) in [5.41, 5.74) is 2.94. The number of halogens is 1. The Morgan fingerprint density at radius 1 is 0.660 bits per heavy atom. The van der Waals surface area contributed by atoms with E-state index in [2.05, 4.69) is 35.8 Å². The van der Waals surface area contributed by atoms with Crippen LogP contribution in [-0.2, 0) is 32.5 Å². The number of aliphatic hydroxyl groups is 1. The zero-order valence-electron chi connectivity index (χ0n) is 30.8. The van der Waals surface area contributed by atoms with Gasteiger partial charge in [0, 0.05) is 43.4 Å². The van der Waals surface area contributed by atoms with Crippen LogP contribution in [0.25, 0.3) is 0 Å². The molecule has 0 radical (unpaired) electrons. The summed E-state index contributed by atoms with van der Waals surface area (Å²) in [7, 11) is 5.81. The Balaban J connectivity index is 0.000000305. The minimum atomic E-state index is -0.501. The van der Waals surface area contributed by atoms with Crippen LogP contribution >= 0.6 is 0 Å². The van der Waals surface area contributed by atoms with Crippen LogP contribution in [0.1, 0.15) is 48.9 Å². The Hall–Kier alpha value is -6.09. The van der Waals surface area contributed by atoms with E-state index in [-0.39, 0.29) is 36.5 Å². The summed E-state index contributed by atoms with van der Waals surface area (Å²) < 4.78 is 28.8. The molecule has 0 aliphatic heterocycles. The predicted octanol–water partition coefficient (Wildman–Crippen LogP) is 4.83. The third-order valence-electron chi connectivity index (χ3n) is 6.64. The summed E-state index contributed by atoms with van der Waals surface area (Å²) in [6.45, 7) is 5.26. The number of oxime groups is 2. The van der Waals surface area contributed by atoms with Gasteiger partial charge in [-0.2, -0.15) is 14.4 Å². The number of ether oxygens (including phenoxy) is 3. The maximum absolute atomic E-state index is 12.4. The van der Waals surface area contributed by atoms with E-state index >= 15 is 0 Å². The summed E-state index contributed by atoms with van der Waals surface area (Å²) in [5.74, 6) is 0.115. The molecular formula is C38H47FN6O8. The molecule has 15 heteroatoms. The van der Waals surface area contributed by atoms with Crippen molar-refractivity contribution in [1.82, 2.24) is 20.6 Å². The van der Waals surface area contributed by atoms with Crippen LogP contribution < -0.4 is 24.8 Å². The maximum atomic E-state index is 12.4. The molecule has 0 saturated carbocycles. The second-order valence-corrected chi connectivity index (χ2v) is 10.5. The lowest BCUT2D eigenvalue weighted by Gasteiger charge is -2.12. The fraction of sp³-hybridized carbons (Fsp3) is 0.316. The van der Waals surface area contributed by atoms with E-state index in [0.717, 1.165) is 18.4 Å². The first-order valence-corrected chi connectivity index (χ1v) is 16.7. The molecule has 0 saturated heterocycles. The number of hydrogen-bond donors (Lipinski definition) is 3. The average molecular weight is 735 g/mol. The molecular weight excluding hydrogens is 687 g/mol. The molecule has 0 unspecified atom stereocenters. The van der Waals surface area contributed by atoms with Gasteiger partial charge in [0.15, 0.2) is 11.4 Å². The Kier molecular flexibility index (Phi) is 20.3. The number of carbonyl (C=O) groups is 2. The summed E-state index contributed by atoms with van der Waals surface area (Å²) in [6, 6.07) is 24.2. The van der Waals surface area contributed by atoms with Gasteiger partial charge in [-0.3, -0.25) is 9.59 Å². The molecule has 0 aliphatic carbocycles. The predicted molar refractivity (Wildman–Crippen MR) is 198 cm³/mol. The van der Waals surface area contributed by atoms with Crippen LogP contribution in [0.2, 0.25) is 0 Å². The van der Waals surface area contributed by atoms with Crippen molar-refractivity contribution in [3.05, 3.63) is 113 Å². The van der Waals surface area contributed by atoms with Gasteiger partial charge in [-0.15, -0.1) is 0 Å². The number of likely N-dealkylation sites (N-methyl/N-ethyl adjacent to an activating group) is 2. The highest BCUT2D eigenvalue weighted by Gasteiger charge is 2.18. The molecule has 2 amide bonds. The molecule has 2 heterocycles. The van der Waals surface area contributed by atoms with Gasteiger partial charge in [0.05, 0.1) is 19.8 Å². The topological polar surface area (TPSA) is 175 Å². The van der Waals surface area contributed by atoms with Crippen LogP contribution in [-0.4, -0.2) is 79.8 Å². The quantitative estimate of drug-likeness (QED) is 0.0822. The molecule has 3 N–H and O–H groups in total. The van der Waals surface area contributed by atoms with E-state index in [1.807, 2.05) is 38.1 Å². The van der Waals surface area contributed by atoms with E-state index in [1.54, 1.807) is 61.6 Å². The highest BCUT2D eigenvalue weighted by molar-refractivity contribution is 6.46. The Morgan fingerprint density at radius 3 is 1.58 bits per heavy atom. The summed E-state index contributed by atoms with van der Waals surface area (Å²) >= 11 is 0. The molecule has 0 atom stereocenters. The molecule has 53 heavy (non-hydrogen) atoms. The molecule has 2 aromatic carbocycles. The third kappa shape index (κ3) is 15.0. The van der Waals surface area contributed by atoms with Crippen molar-refractivity contribution in [2.75, 3.05) is 41.5 Å². The van der Waals surface area contributed by atoms with Gasteiger partial charge in [0.25, 0.3) is 11.8 Å². The molecule has 4 rings (SSSR count). The highest BCUT2D eigenvalue weighted by atomic mass is 19.1. The number of benzene rings is 2. The highest BCUT2D eigenvalue weighted by Crippen LogP contribution is 2.18. The zero-order valence-corrected chi connectivity index (χ0v) is 30.8. The fourth-order valence-electron chi connectivity index (χ4n) is 4.20. The molecule has 284 valence electrons. The zero-order chi connectivity index (χ0) is 38.8. The van der Waals surface area contributed by atoms with Gasteiger partial charge in [-0.05, 0) is 30.0 Å². The number of hydrogen-bond acceptors (Lipinski definition) is 12. The van der Waals surface area contributed by atoms with Crippen molar-refractivity contribution in [3.63, 3.8) is 0 Å². The van der Waals surface area contributed by atoms with Gasteiger partial charge in [0.2, 0.25) is 23.6 Å². The van der Waals surface area contributed by atoms with Crippen LogP contribution in [0.15, 0.2) is 95.2 Å². The summed E-state index contributed by atoms with van der Waals surface area (Å²) in [5, 5.41) is 21.7. The maximum Gasteiger partial charge on any atom is 0.273 e. The normalized spacial score (nSPS) is 10.7. The summed E-state index contributed by atoms with van der Waals surface area (Å²) in [6.07, 6.45) is 1.80. The number of aromatic nitrogens is 2. The lowest BCUT2D eigenvalue weighted by molar-refractivity contribution is -0.115. The molecule has 0 spiro atoms. The van der Waals surface area contributed by atoms with Gasteiger partial charge in [0.1, 0.15) is 20.8 Å². The monoisotopic (exact) mass is 734 g/mol. The van der Waals surface area contributed by atoms with E-state index in [9.17, 15) is 14.0 Å². The Labute approximate surface area is 309 Å². The largest absolute Gasteiger partial charge is 0.478 e. The Morgan fingerprint density at radius 2 is 1.11 bits per heavy atom. The number of rotatable bonds is 16. The van der Waals surface area contributed by atoms with Crippen LogP contribution in [0, 0.1) is 5.95 Å². The average Bonchev–Trinajstić information content (AvgIpc) is 3.20. The van der Waals surface area contributed by atoms with Crippen LogP contribution in [0.4, 0.5) is 4.39 Å². The number of amides is 2. The Bertz CT molecular complexity index is 1770. The third-order valence-corrected chi connectivity index (χ3v) is 6.64. The van der Waals surface area contributed by atoms with Gasteiger partial charge in [-0.1, -0.05) is 84.8 Å². The molecule has 0 fully saturated rings. The van der Waals surface area contributed by atoms with E-state index in [0.29, 0.717) is 47.5 Å². The first kappa shape index (κ1) is 43.1. The van der Waals surface area contributed by atoms with Crippen molar-refractivity contribution in [2.24, 2.45) is 10.3 Å². The van der Waals surface area contributed by atoms with Crippen molar-refractivity contribution >= 4 is 23.2 Å². The fourth-order valence-corrected chi connectivity index (χ4v) is 4.20. The molecule has 0 bridgehead atoms. The lowest BCUT2D eigenvalue weighted by Crippen LogP contribution is -2.29. The second-order valence-electron chi connectivity index (χ2n) is 10.5. The van der Waals surface area contributed by atoms with Crippen molar-refractivity contribution < 1.29 is 43.0 Å². The molecule has 0 aliphatic rings. The number of nitrogens with one attached hydrogen (secondary N) is 2. The molecule has 4 aromatic rings. The number of nitrogens with zero attached hydrogens (tertiary/aromatic N) is 4. The first-order valence-electron chi connectivity index (χ1n) is 16.7. The lowest BCUT2D eigenvalue weighted by atomic mass is 10.0. The number of aliphatic hydroxyl groups excluding tert-OH is 1. The van der Waals surface area contributed by atoms with Crippen molar-refractivity contribution in [2.45, 2.75) is 39.9 Å². The molecule has 14 nitrogen and oxygen atoms in total. The van der Waals surface area contributed by atoms with Crippen molar-refractivity contribution in [3.8, 4) is 17.6 Å². The smallest absolute Gasteiger partial charge is 0.273 e. The number of pyridine rings is 2. The molecule has 2 aromatic heterocycles. The minimum absolute atomic E-state index is 0.148. The SMILES string of the molecule is CCCOc1cccc(F)n1.CCCOc1cccc(OCc2ccccc2/C(=N\OC)C(=O)NC)n1.CNC(=O)/C(=N/OC)c1ccccc1CO. The minimum Gasteiger partial charge on any atom is -0.478 e. The first-order chi connectivity index (χ1) is 25.8. The van der Waals surface area contributed by atoms with Crippen molar-refractivity contribution in [1.29, 1.82) is 0 Å². The van der Waals surface area contributed by atoms with E-state index < -0.39 is 5.95 Å². The standard InChI is InChI=1S/C19H23N3O4.C11H14N2O3.C8H10FNO/c1-4-12-25-16-10-7-11-17(21-16)26-13-14-8-5-6-9-15(14)18(22-24-3)19(23)20-2;1-12-11(15)10(13-16-2)9-6-4-3-5-8(9)7-14;1-2-6-11-8-5-3-4-7(9)10-8/h5-11H,4,12-13H2,1-3H3,(H,20,23);3-6,14H,7H2,1-2H3,(H,12,15);3-5H,2,6H2,1H3/b22-18+;13-10+;. The summed E-state index contributed by atoms with van der Waals surface area (Å²) in [4.78, 5) is 40.9. The van der Waals surface area contributed by atoms with Crippen LogP contribution in [0.5, 0.6) is 17.6 Å². The van der Waals surface area contributed by atoms with E-state index in [4.69, 9.17) is 24.2 Å². The van der Waals surface area contributed by atoms with E-state index in [1.165, 1.54) is 27.3 Å².